The Kier molecular flexibility index (Phi) is 7.52. The number of Topliss-reactive ketones (excluding diaryl/α,β-unsaturated/α-hetero) is 1. The predicted molar refractivity (Wildman–Crippen MR) is 124 cm³/mol. The van der Waals surface area contributed by atoms with Gasteiger partial charge in [-0.3, -0.25) is 9.59 Å². The molecular weight excluding hydrogens is 439 g/mol. The third-order valence-electron chi connectivity index (χ3n) is 7.02. The summed E-state index contributed by atoms with van der Waals surface area (Å²) in [5.41, 5.74) is 0.773. The maximum absolute atomic E-state index is 13.5. The first-order chi connectivity index (χ1) is 16.2. The molecule has 3 aliphatic heterocycles. The molecule has 3 heterocycles. The Hall–Kier alpha value is -2.52. The summed E-state index contributed by atoms with van der Waals surface area (Å²) in [6, 6.07) is 5.07. The van der Waals surface area contributed by atoms with Crippen molar-refractivity contribution in [3.8, 4) is 0 Å². The van der Waals surface area contributed by atoms with Crippen molar-refractivity contribution >= 4 is 17.7 Å². The molecule has 0 radical (unpaired) electrons. The van der Waals surface area contributed by atoms with Gasteiger partial charge in [-0.1, -0.05) is 26.0 Å². The van der Waals surface area contributed by atoms with Crippen LogP contribution in [0.25, 0.3) is 0 Å². The maximum atomic E-state index is 13.5. The summed E-state index contributed by atoms with van der Waals surface area (Å²) in [6.45, 7) is 5.06. The second-order valence-corrected chi connectivity index (χ2v) is 10.1. The number of piperidine rings is 1. The minimum absolute atomic E-state index is 0.0265. The van der Waals surface area contributed by atoms with Crippen molar-refractivity contribution in [2.45, 2.75) is 70.8 Å². The molecule has 3 saturated heterocycles. The van der Waals surface area contributed by atoms with E-state index in [1.165, 1.54) is 12.1 Å². The largest absolute Gasteiger partial charge is 0.378 e. The van der Waals surface area contributed by atoms with Crippen molar-refractivity contribution in [1.82, 2.24) is 20.2 Å². The van der Waals surface area contributed by atoms with E-state index in [0.29, 0.717) is 19.3 Å². The number of benzene rings is 1. The van der Waals surface area contributed by atoms with Crippen LogP contribution in [0.4, 0.5) is 9.18 Å². The molecule has 0 bridgehead atoms. The highest BCUT2D eigenvalue weighted by atomic mass is 19.1. The molecule has 0 saturated carbocycles. The summed E-state index contributed by atoms with van der Waals surface area (Å²) in [4.78, 5) is 41.6. The van der Waals surface area contributed by atoms with Crippen LogP contribution in [-0.2, 0) is 20.9 Å². The Labute approximate surface area is 200 Å². The Morgan fingerprint density at radius 2 is 1.97 bits per heavy atom. The molecule has 4 atom stereocenters. The molecule has 0 spiro atoms. The van der Waals surface area contributed by atoms with Gasteiger partial charge in [0.15, 0.2) is 5.78 Å². The van der Waals surface area contributed by atoms with Crippen LogP contribution in [0.1, 0.15) is 51.5 Å². The van der Waals surface area contributed by atoms with Gasteiger partial charge in [0, 0.05) is 26.1 Å². The average Bonchev–Trinajstić information content (AvgIpc) is 3.29. The Morgan fingerprint density at radius 3 is 2.62 bits per heavy atom. The van der Waals surface area contributed by atoms with Crippen LogP contribution in [0.3, 0.4) is 0 Å². The molecule has 3 aliphatic rings. The molecule has 9 heteroatoms. The molecule has 1 aromatic rings. The second-order valence-electron chi connectivity index (χ2n) is 10.1. The van der Waals surface area contributed by atoms with Crippen molar-refractivity contribution in [3.63, 3.8) is 0 Å². The minimum atomic E-state index is -0.543. The van der Waals surface area contributed by atoms with Crippen LogP contribution >= 0.6 is 0 Å². The van der Waals surface area contributed by atoms with E-state index in [4.69, 9.17) is 4.74 Å². The molecule has 4 rings (SSSR count). The third-order valence-corrected chi connectivity index (χ3v) is 7.02. The number of carbonyl (C=O) groups excluding carboxylic acids is 3. The van der Waals surface area contributed by atoms with Gasteiger partial charge in [-0.15, -0.1) is 0 Å². The standard InChI is InChI=1S/C25H35FN4O4/c1-16(2)11-21-24(32)18(12-20-5-4-10-34-20)13-22-29(21)23(31)15-28(3)30(22)25(33)27-14-17-6-8-19(26)9-7-17/h6-9,16,18,20-22H,4-5,10-15H2,1-3H3,(H,27,33)/t18?,20?,21-,22-/m0/s1. The lowest BCUT2D eigenvalue weighted by atomic mass is 9.80. The van der Waals surface area contributed by atoms with Gasteiger partial charge >= 0.3 is 6.03 Å². The fraction of sp³-hybridized carbons (Fsp3) is 0.640. The SMILES string of the molecule is CC(C)C[C@H]1C(=O)C(CC2CCCO2)C[C@H]2N1C(=O)CN(C)N2C(=O)NCc1ccc(F)cc1. The number of amides is 3. The molecule has 0 aromatic heterocycles. The van der Waals surface area contributed by atoms with Gasteiger partial charge < -0.3 is 15.0 Å². The van der Waals surface area contributed by atoms with Gasteiger partial charge in [0.25, 0.3) is 0 Å². The molecule has 2 unspecified atom stereocenters. The first-order valence-corrected chi connectivity index (χ1v) is 12.2. The van der Waals surface area contributed by atoms with E-state index in [1.54, 1.807) is 34.1 Å². The summed E-state index contributed by atoms with van der Waals surface area (Å²) in [7, 11) is 1.72. The van der Waals surface area contributed by atoms with Crippen LogP contribution in [0, 0.1) is 17.7 Å². The summed E-state index contributed by atoms with van der Waals surface area (Å²) in [5, 5.41) is 6.11. The number of hydrogen-bond acceptors (Lipinski definition) is 5. The molecule has 34 heavy (non-hydrogen) atoms. The number of halogens is 1. The summed E-state index contributed by atoms with van der Waals surface area (Å²) in [6.07, 6.45) is 3.04. The van der Waals surface area contributed by atoms with E-state index >= 15 is 0 Å². The number of carbonyl (C=O) groups is 3. The maximum Gasteiger partial charge on any atom is 0.334 e. The number of likely N-dealkylation sites (N-methyl/N-ethyl adjacent to an activating group) is 1. The van der Waals surface area contributed by atoms with Gasteiger partial charge in [0.2, 0.25) is 5.91 Å². The minimum Gasteiger partial charge on any atom is -0.378 e. The molecule has 0 aliphatic carbocycles. The fourth-order valence-corrected chi connectivity index (χ4v) is 5.43. The number of rotatable bonds is 6. The van der Waals surface area contributed by atoms with Gasteiger partial charge in [0.1, 0.15) is 12.0 Å². The number of nitrogens with one attached hydrogen (secondary N) is 1. The Morgan fingerprint density at radius 1 is 1.24 bits per heavy atom. The lowest BCUT2D eigenvalue weighted by Crippen LogP contribution is -2.72. The number of nitrogens with zero attached hydrogens (tertiary/aromatic N) is 3. The summed E-state index contributed by atoms with van der Waals surface area (Å²) in [5.74, 6) is -0.417. The highest BCUT2D eigenvalue weighted by Crippen LogP contribution is 2.37. The van der Waals surface area contributed by atoms with Crippen LogP contribution < -0.4 is 5.32 Å². The fourth-order valence-electron chi connectivity index (χ4n) is 5.43. The van der Waals surface area contributed by atoms with Crippen molar-refractivity contribution < 1.29 is 23.5 Å². The van der Waals surface area contributed by atoms with E-state index in [-0.39, 0.29) is 54.6 Å². The first kappa shape index (κ1) is 24.6. The van der Waals surface area contributed by atoms with Crippen LogP contribution in [0.5, 0.6) is 0 Å². The van der Waals surface area contributed by atoms with Gasteiger partial charge in [-0.25, -0.2) is 19.2 Å². The van der Waals surface area contributed by atoms with Crippen molar-refractivity contribution in [2.24, 2.45) is 11.8 Å². The molecule has 3 amide bonds. The van der Waals surface area contributed by atoms with Gasteiger partial charge in [-0.05, 0) is 55.7 Å². The summed E-state index contributed by atoms with van der Waals surface area (Å²) < 4.78 is 19.0. The van der Waals surface area contributed by atoms with E-state index in [0.717, 1.165) is 25.0 Å². The Balaban J connectivity index is 1.56. The van der Waals surface area contributed by atoms with E-state index < -0.39 is 12.2 Å². The number of ketones is 1. The number of urea groups is 1. The van der Waals surface area contributed by atoms with Crippen molar-refractivity contribution in [1.29, 1.82) is 0 Å². The second kappa shape index (κ2) is 10.4. The zero-order valence-electron chi connectivity index (χ0n) is 20.2. The third kappa shape index (κ3) is 5.25. The topological polar surface area (TPSA) is 82.2 Å². The zero-order valence-corrected chi connectivity index (χ0v) is 20.2. The highest BCUT2D eigenvalue weighted by molar-refractivity contribution is 5.93. The Bertz CT molecular complexity index is 903. The van der Waals surface area contributed by atoms with Crippen molar-refractivity contribution in [2.75, 3.05) is 20.2 Å². The van der Waals surface area contributed by atoms with Crippen molar-refractivity contribution in [3.05, 3.63) is 35.6 Å². The smallest absolute Gasteiger partial charge is 0.334 e. The van der Waals surface area contributed by atoms with E-state index in [1.807, 2.05) is 13.8 Å². The molecule has 186 valence electrons. The monoisotopic (exact) mass is 474 g/mol. The normalized spacial score (nSPS) is 27.9. The lowest BCUT2D eigenvalue weighted by Gasteiger charge is -2.54. The van der Waals surface area contributed by atoms with E-state index in [2.05, 4.69) is 5.32 Å². The molecular formula is C25H35FN4O4. The first-order valence-electron chi connectivity index (χ1n) is 12.2. The zero-order chi connectivity index (χ0) is 24.4. The van der Waals surface area contributed by atoms with Gasteiger partial charge in [-0.2, -0.15) is 0 Å². The van der Waals surface area contributed by atoms with Gasteiger partial charge in [0.05, 0.1) is 18.7 Å². The molecule has 1 N–H and O–H groups in total. The average molecular weight is 475 g/mol. The summed E-state index contributed by atoms with van der Waals surface area (Å²) >= 11 is 0. The number of hydrogen-bond donors (Lipinski definition) is 1. The van der Waals surface area contributed by atoms with Crippen LogP contribution in [0.2, 0.25) is 0 Å². The number of hydrazine groups is 1. The molecule has 8 nitrogen and oxygen atoms in total. The van der Waals surface area contributed by atoms with E-state index in [9.17, 15) is 18.8 Å². The number of ether oxygens (including phenoxy) is 1. The predicted octanol–water partition coefficient (Wildman–Crippen LogP) is 2.93. The van der Waals surface area contributed by atoms with Crippen LogP contribution in [0.15, 0.2) is 24.3 Å². The lowest BCUT2D eigenvalue weighted by molar-refractivity contribution is -0.183. The molecule has 3 fully saturated rings. The number of fused-ring (bicyclic) bond motifs is 1. The molecule has 1 aromatic carbocycles. The quantitative estimate of drug-likeness (QED) is 0.686. The highest BCUT2D eigenvalue weighted by Gasteiger charge is 2.51. The van der Waals surface area contributed by atoms with Crippen LogP contribution in [-0.4, -0.2) is 71.2 Å².